The normalized spacial score (nSPS) is 12.9. The number of benzene rings is 9. The maximum atomic E-state index is 5.31. The van der Waals surface area contributed by atoms with Crippen molar-refractivity contribution in [2.45, 2.75) is 5.41 Å². The molecule has 3 heterocycles. The predicted octanol–water partition coefficient (Wildman–Crippen LogP) is 14.4. The van der Waals surface area contributed by atoms with Gasteiger partial charge in [0.1, 0.15) is 5.82 Å². The lowest BCUT2D eigenvalue weighted by atomic mass is 9.67. The van der Waals surface area contributed by atoms with Crippen molar-refractivity contribution >= 4 is 43.6 Å². The zero-order valence-corrected chi connectivity index (χ0v) is 34.2. The summed E-state index contributed by atoms with van der Waals surface area (Å²) in [5, 5.41) is 4.84. The number of para-hydroxylation sites is 3. The molecule has 1 aliphatic rings. The van der Waals surface area contributed by atoms with Crippen LogP contribution in [0.3, 0.4) is 0 Å². The summed E-state index contributed by atoms with van der Waals surface area (Å²) in [6.07, 6.45) is 0. The maximum Gasteiger partial charge on any atom is 0.162 e. The number of hydrogen-bond donors (Lipinski definition) is 0. The lowest BCUT2D eigenvalue weighted by Gasteiger charge is -2.34. The zero-order valence-electron chi connectivity index (χ0n) is 34.2. The molecule has 0 amide bonds. The lowest BCUT2D eigenvalue weighted by molar-refractivity contribution is 0.769. The Labute approximate surface area is 364 Å². The molecule has 0 radical (unpaired) electrons. The summed E-state index contributed by atoms with van der Waals surface area (Å²) in [6.45, 7) is 0. The van der Waals surface area contributed by atoms with Crippen LogP contribution >= 0.6 is 0 Å². The van der Waals surface area contributed by atoms with Crippen LogP contribution in [0.1, 0.15) is 22.3 Å². The smallest absolute Gasteiger partial charge is 0.162 e. The highest BCUT2D eigenvalue weighted by molar-refractivity contribution is 6.12. The quantitative estimate of drug-likeness (QED) is 0.168. The monoisotopic (exact) mass is 802 g/mol. The van der Waals surface area contributed by atoms with Gasteiger partial charge in [0.25, 0.3) is 0 Å². The van der Waals surface area contributed by atoms with Gasteiger partial charge in [-0.2, -0.15) is 0 Å². The summed E-state index contributed by atoms with van der Waals surface area (Å²) >= 11 is 0. The fraction of sp³-hybridized carbons (Fsp3) is 0.0169. The molecule has 4 heteroatoms. The van der Waals surface area contributed by atoms with Crippen LogP contribution in [0.5, 0.6) is 0 Å². The van der Waals surface area contributed by atoms with E-state index in [1.165, 1.54) is 54.9 Å². The second-order valence-electron chi connectivity index (χ2n) is 16.5. The highest BCUT2D eigenvalue weighted by atomic mass is 15.1. The molecule has 63 heavy (non-hydrogen) atoms. The Hall–Kier alpha value is -8.34. The van der Waals surface area contributed by atoms with Crippen LogP contribution in [-0.4, -0.2) is 19.1 Å². The van der Waals surface area contributed by atoms with Gasteiger partial charge in [0.15, 0.2) is 5.82 Å². The van der Waals surface area contributed by atoms with E-state index >= 15 is 0 Å². The average molecular weight is 803 g/mol. The van der Waals surface area contributed by atoms with Crippen molar-refractivity contribution in [1.29, 1.82) is 0 Å². The van der Waals surface area contributed by atoms with Gasteiger partial charge in [-0.15, -0.1) is 0 Å². The third kappa shape index (κ3) is 5.22. The number of aromatic nitrogens is 4. The summed E-state index contributed by atoms with van der Waals surface area (Å²) < 4.78 is 4.73. The molecule has 0 spiro atoms. The van der Waals surface area contributed by atoms with E-state index < -0.39 is 5.41 Å². The second kappa shape index (κ2) is 13.8. The summed E-state index contributed by atoms with van der Waals surface area (Å²) in [5.41, 5.74) is 15.6. The average Bonchev–Trinajstić information content (AvgIpc) is 3.98. The molecular weight excluding hydrogens is 765 g/mol. The summed E-state index contributed by atoms with van der Waals surface area (Å²) in [5.74, 6) is 1.51. The van der Waals surface area contributed by atoms with E-state index in [0.717, 1.165) is 50.4 Å². The molecule has 0 atom stereocenters. The van der Waals surface area contributed by atoms with Crippen LogP contribution in [-0.2, 0) is 5.41 Å². The first-order valence-electron chi connectivity index (χ1n) is 21.6. The second-order valence-corrected chi connectivity index (χ2v) is 16.5. The van der Waals surface area contributed by atoms with E-state index in [1.54, 1.807) is 0 Å². The van der Waals surface area contributed by atoms with Crippen molar-refractivity contribution in [3.8, 4) is 45.3 Å². The van der Waals surface area contributed by atoms with E-state index in [0.29, 0.717) is 5.82 Å². The molecule has 0 aliphatic heterocycles. The standard InChI is InChI=1S/C59H38N4/c1-4-19-39(20-5-1)58-60-52(38-57(61-58)63-54-33-16-11-28-45(54)46-29-12-17-34-55(46)63)40-21-18-26-43(35-40)62-53-32-15-13-30-47(53)49-36-48-44-27-10-14-31-50(44)59(51(48)37-56(49)62,41-22-6-2-7-23-41)42-24-8-3-9-25-42/h1-38H. The SMILES string of the molecule is c1ccc(-c2nc(-c3cccc(-n4c5ccccc5c5cc6c(cc54)C(c4ccccc4)(c4ccccc4)c4ccccc4-6)c3)cc(-n3c4ccccc4c4ccccc43)n2)cc1. The van der Waals surface area contributed by atoms with Crippen LogP contribution in [0.4, 0.5) is 0 Å². The summed E-state index contributed by atoms with van der Waals surface area (Å²) in [7, 11) is 0. The van der Waals surface area contributed by atoms with Gasteiger partial charge in [-0.1, -0.05) is 182 Å². The van der Waals surface area contributed by atoms with Gasteiger partial charge in [0, 0.05) is 44.4 Å². The molecule has 3 aromatic heterocycles. The Balaban J connectivity index is 1.06. The third-order valence-electron chi connectivity index (χ3n) is 13.2. The Morgan fingerprint density at radius 2 is 0.873 bits per heavy atom. The topological polar surface area (TPSA) is 35.6 Å². The van der Waals surface area contributed by atoms with Crippen LogP contribution in [0.2, 0.25) is 0 Å². The minimum atomic E-state index is -0.510. The number of hydrogen-bond acceptors (Lipinski definition) is 2. The van der Waals surface area contributed by atoms with Crippen molar-refractivity contribution in [1.82, 2.24) is 19.1 Å². The molecule has 0 bridgehead atoms. The molecule has 13 rings (SSSR count). The Morgan fingerprint density at radius 1 is 0.333 bits per heavy atom. The van der Waals surface area contributed by atoms with Gasteiger partial charge < -0.3 is 4.57 Å². The fourth-order valence-corrected chi connectivity index (χ4v) is 10.6. The Morgan fingerprint density at radius 3 is 1.54 bits per heavy atom. The predicted molar refractivity (Wildman–Crippen MR) is 259 cm³/mol. The van der Waals surface area contributed by atoms with Crippen LogP contribution in [0.25, 0.3) is 88.9 Å². The van der Waals surface area contributed by atoms with E-state index in [1.807, 2.05) is 18.2 Å². The van der Waals surface area contributed by atoms with Gasteiger partial charge in [0.05, 0.1) is 33.2 Å². The van der Waals surface area contributed by atoms with Gasteiger partial charge in [-0.05, 0) is 75.8 Å². The molecular formula is C59H38N4. The van der Waals surface area contributed by atoms with Crippen molar-refractivity contribution in [3.05, 3.63) is 253 Å². The molecule has 0 unspecified atom stereocenters. The highest BCUT2D eigenvalue weighted by Crippen LogP contribution is 2.57. The van der Waals surface area contributed by atoms with Gasteiger partial charge >= 0.3 is 0 Å². The number of fused-ring (bicyclic) bond motifs is 9. The molecule has 9 aromatic carbocycles. The van der Waals surface area contributed by atoms with Crippen LogP contribution in [0.15, 0.2) is 231 Å². The number of rotatable bonds is 6. The first-order valence-corrected chi connectivity index (χ1v) is 21.6. The fourth-order valence-electron chi connectivity index (χ4n) is 10.6. The molecule has 294 valence electrons. The van der Waals surface area contributed by atoms with E-state index in [2.05, 4.69) is 221 Å². The third-order valence-corrected chi connectivity index (χ3v) is 13.2. The molecule has 12 aromatic rings. The molecule has 0 saturated heterocycles. The summed E-state index contributed by atoms with van der Waals surface area (Å²) in [6, 6.07) is 83.3. The largest absolute Gasteiger partial charge is 0.309 e. The molecule has 4 nitrogen and oxygen atoms in total. The van der Waals surface area contributed by atoms with Gasteiger partial charge in [-0.25, -0.2) is 9.97 Å². The van der Waals surface area contributed by atoms with Crippen LogP contribution < -0.4 is 0 Å². The molecule has 0 fully saturated rings. The van der Waals surface area contributed by atoms with Crippen molar-refractivity contribution in [3.63, 3.8) is 0 Å². The first kappa shape index (κ1) is 35.4. The minimum absolute atomic E-state index is 0.510. The van der Waals surface area contributed by atoms with Crippen molar-refractivity contribution in [2.75, 3.05) is 0 Å². The maximum absolute atomic E-state index is 5.31. The lowest BCUT2D eigenvalue weighted by Crippen LogP contribution is -2.28. The number of nitrogens with zero attached hydrogens (tertiary/aromatic N) is 4. The zero-order chi connectivity index (χ0) is 41.5. The first-order chi connectivity index (χ1) is 31.3. The van der Waals surface area contributed by atoms with Gasteiger partial charge in [0.2, 0.25) is 0 Å². The van der Waals surface area contributed by atoms with E-state index in [-0.39, 0.29) is 0 Å². The van der Waals surface area contributed by atoms with Crippen LogP contribution in [0, 0.1) is 0 Å². The molecule has 1 aliphatic carbocycles. The van der Waals surface area contributed by atoms with E-state index in [9.17, 15) is 0 Å². The van der Waals surface area contributed by atoms with Crippen molar-refractivity contribution < 1.29 is 0 Å². The van der Waals surface area contributed by atoms with E-state index in [4.69, 9.17) is 9.97 Å². The molecule has 0 N–H and O–H groups in total. The Bertz CT molecular complexity index is 3640. The summed E-state index contributed by atoms with van der Waals surface area (Å²) in [4.78, 5) is 10.6. The van der Waals surface area contributed by atoms with Crippen molar-refractivity contribution in [2.24, 2.45) is 0 Å². The Kier molecular flexibility index (Phi) is 7.79. The molecule has 0 saturated carbocycles. The minimum Gasteiger partial charge on any atom is -0.309 e. The van der Waals surface area contributed by atoms with Gasteiger partial charge in [-0.3, -0.25) is 4.57 Å². The highest BCUT2D eigenvalue weighted by Gasteiger charge is 2.46.